The van der Waals surface area contributed by atoms with Crippen molar-refractivity contribution in [3.05, 3.63) is 125 Å². The molecule has 0 saturated carbocycles. The van der Waals surface area contributed by atoms with Crippen LogP contribution in [0.5, 0.6) is 11.5 Å². The Morgan fingerprint density at radius 1 is 1.07 bits per heavy atom. The van der Waals surface area contributed by atoms with Crippen LogP contribution in [0, 0.1) is 0 Å². The first kappa shape index (κ1) is 30.3. The van der Waals surface area contributed by atoms with Gasteiger partial charge in [-0.05, 0) is 72.4 Å². The van der Waals surface area contributed by atoms with Gasteiger partial charge in [0.2, 0.25) is 0 Å². The van der Waals surface area contributed by atoms with Crippen molar-refractivity contribution in [2.45, 2.75) is 46.3 Å². The lowest BCUT2D eigenvalue weighted by atomic mass is 9.93. The first-order valence-corrected chi connectivity index (χ1v) is 15.2. The zero-order chi connectivity index (χ0) is 30.7. The van der Waals surface area contributed by atoms with E-state index in [0.717, 1.165) is 16.7 Å². The van der Waals surface area contributed by atoms with E-state index in [-0.39, 0.29) is 12.2 Å². The third-order valence-corrected chi connectivity index (χ3v) is 8.46. The van der Waals surface area contributed by atoms with E-state index in [1.807, 2.05) is 66.7 Å². The number of hydrogen-bond acceptors (Lipinski definition) is 7. The van der Waals surface area contributed by atoms with Crippen molar-refractivity contribution in [2.75, 3.05) is 13.7 Å². The van der Waals surface area contributed by atoms with Crippen molar-refractivity contribution in [1.82, 2.24) is 4.57 Å². The number of carbonyl (C=O) groups is 1. The van der Waals surface area contributed by atoms with Crippen molar-refractivity contribution in [1.29, 1.82) is 0 Å². The van der Waals surface area contributed by atoms with Crippen LogP contribution in [-0.4, -0.2) is 24.3 Å². The average molecular weight is 617 g/mol. The Morgan fingerprint density at radius 2 is 1.79 bits per heavy atom. The van der Waals surface area contributed by atoms with Crippen molar-refractivity contribution in [3.8, 4) is 11.5 Å². The summed E-state index contributed by atoms with van der Waals surface area (Å²) >= 11 is 7.26. The molecule has 0 amide bonds. The molecule has 9 heteroatoms. The minimum absolute atomic E-state index is 0.223. The molecule has 1 unspecified atom stereocenters. The van der Waals surface area contributed by atoms with Crippen LogP contribution < -0.4 is 24.4 Å². The van der Waals surface area contributed by atoms with Crippen molar-refractivity contribution in [2.24, 2.45) is 4.99 Å². The average Bonchev–Trinajstić information content (AvgIpc) is 3.30. The molecule has 0 bridgehead atoms. The van der Waals surface area contributed by atoms with Gasteiger partial charge in [-0.15, -0.1) is 0 Å². The number of hydrogen-bond donors (Lipinski definition) is 0. The maximum atomic E-state index is 14.0. The molecule has 4 aromatic rings. The molecule has 0 spiro atoms. The minimum Gasteiger partial charge on any atom is -0.493 e. The van der Waals surface area contributed by atoms with Crippen LogP contribution in [0.3, 0.4) is 0 Å². The number of esters is 1. The highest BCUT2D eigenvalue weighted by molar-refractivity contribution is 7.07. The Labute approximate surface area is 259 Å². The summed E-state index contributed by atoms with van der Waals surface area (Å²) in [5.74, 6) is 0.994. The number of ether oxygens (including phenoxy) is 3. The van der Waals surface area contributed by atoms with E-state index in [0.29, 0.717) is 49.7 Å². The summed E-state index contributed by atoms with van der Waals surface area (Å²) in [7, 11) is 1.58. The second kappa shape index (κ2) is 13.0. The summed E-state index contributed by atoms with van der Waals surface area (Å²) < 4.78 is 19.1. The summed E-state index contributed by atoms with van der Waals surface area (Å²) in [6.07, 6.45) is 1.80. The lowest BCUT2D eigenvalue weighted by Crippen LogP contribution is -2.39. The van der Waals surface area contributed by atoms with Gasteiger partial charge in [-0.3, -0.25) is 9.36 Å². The Balaban J connectivity index is 1.54. The minimum atomic E-state index is -0.656. The first-order chi connectivity index (χ1) is 20.7. The molecular formula is C34H33ClN2O5S. The highest BCUT2D eigenvalue weighted by atomic mass is 35.5. The Bertz CT molecular complexity index is 1850. The van der Waals surface area contributed by atoms with Gasteiger partial charge in [0.1, 0.15) is 6.61 Å². The van der Waals surface area contributed by atoms with Crippen LogP contribution in [0.4, 0.5) is 0 Å². The topological polar surface area (TPSA) is 79.1 Å². The van der Waals surface area contributed by atoms with Gasteiger partial charge in [0.25, 0.3) is 5.56 Å². The predicted molar refractivity (Wildman–Crippen MR) is 170 cm³/mol. The van der Waals surface area contributed by atoms with E-state index in [4.69, 9.17) is 25.8 Å². The van der Waals surface area contributed by atoms with Crippen LogP contribution in [-0.2, 0) is 16.1 Å². The van der Waals surface area contributed by atoms with E-state index in [9.17, 15) is 9.59 Å². The second-order valence-electron chi connectivity index (χ2n) is 10.4. The third kappa shape index (κ3) is 6.45. The molecule has 5 rings (SSSR count). The van der Waals surface area contributed by atoms with Crippen molar-refractivity contribution in [3.63, 3.8) is 0 Å². The second-order valence-corrected chi connectivity index (χ2v) is 11.9. The monoisotopic (exact) mass is 616 g/mol. The number of aromatic nitrogens is 1. The molecule has 1 atom stereocenters. The van der Waals surface area contributed by atoms with Crippen molar-refractivity contribution >= 4 is 35.0 Å². The molecule has 0 aliphatic carbocycles. The summed E-state index contributed by atoms with van der Waals surface area (Å²) in [6, 6.07) is 20.3. The Morgan fingerprint density at radius 3 is 2.44 bits per heavy atom. The normalized spacial score (nSPS) is 14.9. The highest BCUT2D eigenvalue weighted by Crippen LogP contribution is 2.32. The van der Waals surface area contributed by atoms with Crippen LogP contribution >= 0.6 is 22.9 Å². The van der Waals surface area contributed by atoms with E-state index >= 15 is 0 Å². The molecule has 1 aliphatic heterocycles. The molecule has 3 aromatic carbocycles. The van der Waals surface area contributed by atoms with Gasteiger partial charge in [-0.2, -0.15) is 0 Å². The smallest absolute Gasteiger partial charge is 0.338 e. The fraction of sp³-hybridized carbons (Fsp3) is 0.265. The number of fused-ring (bicyclic) bond motifs is 1. The zero-order valence-corrected chi connectivity index (χ0v) is 26.3. The molecule has 0 N–H and O–H groups in total. The van der Waals surface area contributed by atoms with Gasteiger partial charge in [0.05, 0.1) is 35.6 Å². The zero-order valence-electron chi connectivity index (χ0n) is 24.7. The molecule has 2 heterocycles. The van der Waals surface area contributed by atoms with Gasteiger partial charge in [-0.25, -0.2) is 9.79 Å². The number of methoxy groups -OCH3 is 1. The number of benzene rings is 3. The molecule has 0 saturated heterocycles. The lowest BCUT2D eigenvalue weighted by Gasteiger charge is -2.25. The molecule has 1 aromatic heterocycles. The predicted octanol–water partition coefficient (Wildman–Crippen LogP) is 6.16. The Kier molecular flexibility index (Phi) is 9.18. The number of allylic oxidation sites excluding steroid dienone is 1. The van der Waals surface area contributed by atoms with Crippen LogP contribution in [0.2, 0.25) is 5.02 Å². The first-order valence-electron chi connectivity index (χ1n) is 14.0. The van der Waals surface area contributed by atoms with E-state index in [1.54, 1.807) is 31.6 Å². The fourth-order valence-electron chi connectivity index (χ4n) is 4.96. The number of thiazole rings is 1. The SMILES string of the molecule is CCOC(=O)C1=C(C)N=c2sc(=Cc3ccc(OCc4ccc(Cl)cc4)c(OC)c3)c(=O)n2C1c1ccc(C(C)C)cc1. The maximum Gasteiger partial charge on any atom is 0.338 e. The summed E-state index contributed by atoms with van der Waals surface area (Å²) in [4.78, 5) is 32.3. The number of carbonyl (C=O) groups excluding carboxylic acids is 1. The summed E-state index contributed by atoms with van der Waals surface area (Å²) in [5.41, 5.74) is 4.39. The van der Waals surface area contributed by atoms with Gasteiger partial charge in [0.15, 0.2) is 16.3 Å². The van der Waals surface area contributed by atoms with E-state index < -0.39 is 12.0 Å². The molecule has 7 nitrogen and oxygen atoms in total. The van der Waals surface area contributed by atoms with Crippen LogP contribution in [0.25, 0.3) is 6.08 Å². The van der Waals surface area contributed by atoms with Gasteiger partial charge in [0, 0.05) is 5.02 Å². The number of rotatable bonds is 9. The number of nitrogens with zero attached hydrogens (tertiary/aromatic N) is 2. The summed E-state index contributed by atoms with van der Waals surface area (Å²) in [5, 5.41) is 0.665. The third-order valence-electron chi connectivity index (χ3n) is 7.23. The lowest BCUT2D eigenvalue weighted by molar-refractivity contribution is -0.139. The molecule has 222 valence electrons. The van der Waals surface area contributed by atoms with Gasteiger partial charge in [-0.1, -0.05) is 79.2 Å². The van der Waals surface area contributed by atoms with E-state index in [1.165, 1.54) is 16.9 Å². The van der Waals surface area contributed by atoms with E-state index in [2.05, 4.69) is 18.8 Å². The molecule has 0 fully saturated rings. The highest BCUT2D eigenvalue weighted by Gasteiger charge is 2.33. The van der Waals surface area contributed by atoms with Gasteiger partial charge >= 0.3 is 5.97 Å². The van der Waals surface area contributed by atoms with Crippen LogP contribution in [0.15, 0.2) is 87.8 Å². The Hall–Kier alpha value is -4.14. The molecule has 43 heavy (non-hydrogen) atoms. The number of halogens is 1. The fourth-order valence-corrected chi connectivity index (χ4v) is 6.13. The maximum absolute atomic E-state index is 14.0. The van der Waals surface area contributed by atoms with Gasteiger partial charge < -0.3 is 14.2 Å². The quantitative estimate of drug-likeness (QED) is 0.210. The summed E-state index contributed by atoms with van der Waals surface area (Å²) in [6.45, 7) is 8.37. The molecular weight excluding hydrogens is 584 g/mol. The standard InChI is InChI=1S/C34H33ClN2O5S/c1-6-41-33(39)30-21(4)36-34-37(31(30)25-12-10-24(11-13-25)20(2)3)32(38)29(43-34)18-23-9-16-27(28(17-23)40-5)42-19-22-7-14-26(35)15-8-22/h7-18,20,31H,6,19H2,1-5H3. The molecule has 1 aliphatic rings. The molecule has 0 radical (unpaired) electrons. The largest absolute Gasteiger partial charge is 0.493 e. The van der Waals surface area contributed by atoms with Crippen LogP contribution in [0.1, 0.15) is 61.9 Å². The van der Waals surface area contributed by atoms with Crippen molar-refractivity contribution < 1.29 is 19.0 Å².